The summed E-state index contributed by atoms with van der Waals surface area (Å²) in [6.45, 7) is 8.74. The molecule has 0 N–H and O–H groups in total. The minimum absolute atomic E-state index is 0.507. The van der Waals surface area contributed by atoms with Gasteiger partial charge in [-0.1, -0.05) is 26.2 Å². The first-order chi connectivity index (χ1) is 7.79. The molecule has 0 saturated carbocycles. The van der Waals surface area contributed by atoms with Crippen LogP contribution in [0.5, 0.6) is 0 Å². The highest BCUT2D eigenvalue weighted by Gasteiger charge is 2.32. The molecule has 16 heavy (non-hydrogen) atoms. The second-order valence-corrected chi connectivity index (χ2v) is 5.21. The molecule has 3 nitrogen and oxygen atoms in total. The van der Waals surface area contributed by atoms with E-state index in [9.17, 15) is 0 Å². The average Bonchev–Trinajstić information content (AvgIpc) is 3.11. The highest BCUT2D eigenvalue weighted by molar-refractivity contribution is 4.82. The van der Waals surface area contributed by atoms with Gasteiger partial charge >= 0.3 is 0 Å². The third kappa shape index (κ3) is 4.40. The number of unbranched alkanes of at least 4 members (excludes halogenated alkanes) is 2. The van der Waals surface area contributed by atoms with Crippen molar-refractivity contribution in [2.75, 3.05) is 26.3 Å². The Morgan fingerprint density at radius 3 is 2.12 bits per heavy atom. The molecular formula is C13H25NO2. The maximum Gasteiger partial charge on any atom is 0.0936 e. The van der Waals surface area contributed by atoms with Crippen molar-refractivity contribution >= 4 is 0 Å². The Morgan fingerprint density at radius 1 is 1.12 bits per heavy atom. The van der Waals surface area contributed by atoms with Crippen molar-refractivity contribution in [2.24, 2.45) is 0 Å². The third-order valence-electron chi connectivity index (χ3n) is 3.53. The van der Waals surface area contributed by atoms with E-state index in [2.05, 4.69) is 18.7 Å². The van der Waals surface area contributed by atoms with Gasteiger partial charge in [-0.15, -0.1) is 0 Å². The van der Waals surface area contributed by atoms with Crippen molar-refractivity contribution in [2.45, 2.75) is 57.8 Å². The van der Waals surface area contributed by atoms with Crippen LogP contribution in [0.15, 0.2) is 0 Å². The summed E-state index contributed by atoms with van der Waals surface area (Å²) in [6, 6.07) is 0.681. The van der Waals surface area contributed by atoms with Gasteiger partial charge < -0.3 is 9.47 Å². The number of ether oxygens (including phenoxy) is 2. The molecular weight excluding hydrogens is 202 g/mol. The Bertz CT molecular complexity index is 188. The molecule has 2 aliphatic heterocycles. The SMILES string of the molecule is CCCCCC(C)N(CC1CO1)CC1CO1. The highest BCUT2D eigenvalue weighted by atomic mass is 16.6. The molecule has 3 heteroatoms. The first-order valence-corrected chi connectivity index (χ1v) is 6.77. The lowest BCUT2D eigenvalue weighted by Crippen LogP contribution is -2.38. The van der Waals surface area contributed by atoms with E-state index < -0.39 is 0 Å². The Kier molecular flexibility index (Phi) is 4.62. The maximum absolute atomic E-state index is 5.33. The topological polar surface area (TPSA) is 28.3 Å². The summed E-state index contributed by atoms with van der Waals surface area (Å²) in [6.07, 6.45) is 6.35. The van der Waals surface area contributed by atoms with Gasteiger partial charge in [-0.3, -0.25) is 4.90 Å². The summed E-state index contributed by atoms with van der Waals surface area (Å²) in [5.74, 6) is 0. The lowest BCUT2D eigenvalue weighted by Gasteiger charge is -2.28. The fourth-order valence-electron chi connectivity index (χ4n) is 2.18. The van der Waals surface area contributed by atoms with E-state index in [0.29, 0.717) is 18.2 Å². The van der Waals surface area contributed by atoms with E-state index in [-0.39, 0.29) is 0 Å². The molecule has 0 bridgehead atoms. The van der Waals surface area contributed by atoms with Crippen LogP contribution in [0.4, 0.5) is 0 Å². The van der Waals surface area contributed by atoms with E-state index in [4.69, 9.17) is 9.47 Å². The van der Waals surface area contributed by atoms with Crippen LogP contribution in [0.3, 0.4) is 0 Å². The van der Waals surface area contributed by atoms with Gasteiger partial charge in [0.15, 0.2) is 0 Å². The zero-order valence-electron chi connectivity index (χ0n) is 10.7. The fourth-order valence-corrected chi connectivity index (χ4v) is 2.18. The van der Waals surface area contributed by atoms with Crippen LogP contribution in [0.25, 0.3) is 0 Å². The minimum Gasteiger partial charge on any atom is -0.372 e. The monoisotopic (exact) mass is 227 g/mol. The number of hydrogen-bond donors (Lipinski definition) is 0. The van der Waals surface area contributed by atoms with Gasteiger partial charge in [-0.25, -0.2) is 0 Å². The van der Waals surface area contributed by atoms with Crippen LogP contribution in [0.1, 0.15) is 39.5 Å². The normalized spacial score (nSPS) is 29.4. The van der Waals surface area contributed by atoms with Crippen LogP contribution in [-0.2, 0) is 9.47 Å². The maximum atomic E-state index is 5.33. The highest BCUT2D eigenvalue weighted by Crippen LogP contribution is 2.19. The summed E-state index contributed by atoms with van der Waals surface area (Å²) < 4.78 is 10.7. The average molecular weight is 227 g/mol. The number of epoxide rings is 2. The van der Waals surface area contributed by atoms with Gasteiger partial charge in [0.25, 0.3) is 0 Å². The molecule has 2 heterocycles. The Hall–Kier alpha value is -0.120. The van der Waals surface area contributed by atoms with Crippen LogP contribution < -0.4 is 0 Å². The van der Waals surface area contributed by atoms with Crippen LogP contribution in [0.2, 0.25) is 0 Å². The third-order valence-corrected chi connectivity index (χ3v) is 3.53. The van der Waals surface area contributed by atoms with Gasteiger partial charge in [0, 0.05) is 19.1 Å². The van der Waals surface area contributed by atoms with Crippen LogP contribution in [-0.4, -0.2) is 49.5 Å². The fraction of sp³-hybridized carbons (Fsp3) is 1.00. The van der Waals surface area contributed by atoms with Crippen molar-refractivity contribution in [1.82, 2.24) is 4.90 Å². The quantitative estimate of drug-likeness (QED) is 0.446. The predicted molar refractivity (Wildman–Crippen MR) is 64.7 cm³/mol. The smallest absolute Gasteiger partial charge is 0.0936 e. The van der Waals surface area contributed by atoms with Crippen molar-refractivity contribution in [3.05, 3.63) is 0 Å². The van der Waals surface area contributed by atoms with Crippen molar-refractivity contribution in [1.29, 1.82) is 0 Å². The molecule has 0 aromatic heterocycles. The lowest BCUT2D eigenvalue weighted by molar-refractivity contribution is 0.163. The van der Waals surface area contributed by atoms with E-state index in [1.165, 1.54) is 25.7 Å². The van der Waals surface area contributed by atoms with Crippen molar-refractivity contribution < 1.29 is 9.47 Å². The second kappa shape index (κ2) is 5.99. The van der Waals surface area contributed by atoms with Gasteiger partial charge in [-0.2, -0.15) is 0 Å². The molecule has 2 fully saturated rings. The second-order valence-electron chi connectivity index (χ2n) is 5.21. The summed E-state index contributed by atoms with van der Waals surface area (Å²) in [4.78, 5) is 2.56. The molecule has 3 unspecified atom stereocenters. The lowest BCUT2D eigenvalue weighted by atomic mass is 10.1. The predicted octanol–water partition coefficient (Wildman–Crippen LogP) is 2.05. The van der Waals surface area contributed by atoms with Crippen LogP contribution >= 0.6 is 0 Å². The van der Waals surface area contributed by atoms with Gasteiger partial charge in [0.2, 0.25) is 0 Å². The molecule has 0 amide bonds. The molecule has 94 valence electrons. The summed E-state index contributed by atoms with van der Waals surface area (Å²) in [5.41, 5.74) is 0. The summed E-state index contributed by atoms with van der Waals surface area (Å²) >= 11 is 0. The molecule has 2 rings (SSSR count). The van der Waals surface area contributed by atoms with Crippen molar-refractivity contribution in [3.63, 3.8) is 0 Å². The summed E-state index contributed by atoms with van der Waals surface area (Å²) in [7, 11) is 0. The van der Waals surface area contributed by atoms with Gasteiger partial charge in [0.05, 0.1) is 25.4 Å². The largest absolute Gasteiger partial charge is 0.372 e. The molecule has 2 saturated heterocycles. The zero-order chi connectivity index (χ0) is 11.4. The van der Waals surface area contributed by atoms with E-state index >= 15 is 0 Å². The Morgan fingerprint density at radius 2 is 1.69 bits per heavy atom. The van der Waals surface area contributed by atoms with E-state index in [0.717, 1.165) is 26.3 Å². The zero-order valence-corrected chi connectivity index (χ0v) is 10.7. The van der Waals surface area contributed by atoms with Gasteiger partial charge in [0.1, 0.15) is 0 Å². The van der Waals surface area contributed by atoms with Crippen molar-refractivity contribution in [3.8, 4) is 0 Å². The molecule has 0 spiro atoms. The molecule has 0 aliphatic carbocycles. The number of nitrogens with zero attached hydrogens (tertiary/aromatic N) is 1. The molecule has 2 aliphatic rings. The Labute approximate surface area is 99.1 Å². The molecule has 0 aromatic rings. The molecule has 0 radical (unpaired) electrons. The van der Waals surface area contributed by atoms with Gasteiger partial charge in [-0.05, 0) is 13.3 Å². The standard InChI is InChI=1S/C13H25NO2/c1-3-4-5-6-11(2)14(7-12-9-15-12)8-13-10-16-13/h11-13H,3-10H2,1-2H3. The Balaban J connectivity index is 1.68. The summed E-state index contributed by atoms with van der Waals surface area (Å²) in [5, 5.41) is 0. The number of hydrogen-bond acceptors (Lipinski definition) is 3. The van der Waals surface area contributed by atoms with E-state index in [1.807, 2.05) is 0 Å². The first kappa shape index (κ1) is 12.3. The number of rotatable bonds is 9. The molecule has 3 atom stereocenters. The van der Waals surface area contributed by atoms with Crippen LogP contribution in [0, 0.1) is 0 Å². The molecule has 0 aromatic carbocycles. The van der Waals surface area contributed by atoms with E-state index in [1.54, 1.807) is 0 Å². The first-order valence-electron chi connectivity index (χ1n) is 6.77. The minimum atomic E-state index is 0.507.